The Balaban J connectivity index is 1.25. The second kappa shape index (κ2) is 13.0. The Hall–Kier alpha value is -7.42. The predicted octanol–water partition coefficient (Wildman–Crippen LogP) is 15.4. The van der Waals surface area contributed by atoms with Crippen molar-refractivity contribution in [2.45, 2.75) is 24.7 Å². The molecule has 0 amide bonds. The summed E-state index contributed by atoms with van der Waals surface area (Å²) in [6, 6.07) is 23.4. The molecule has 0 atom stereocenters. The summed E-state index contributed by atoms with van der Waals surface area (Å²) in [5.74, 6) is 0. The van der Waals surface area contributed by atoms with Crippen LogP contribution in [0.5, 0.6) is 0 Å². The van der Waals surface area contributed by atoms with Crippen molar-refractivity contribution in [3.63, 3.8) is 0 Å². The molecule has 2 heteroatoms. The van der Waals surface area contributed by atoms with E-state index in [1.54, 1.807) is 4.90 Å². The molecule has 0 saturated heterocycles. The van der Waals surface area contributed by atoms with E-state index in [1.165, 1.54) is 6.07 Å². The predicted molar refractivity (Wildman–Crippen MR) is 249 cm³/mol. The van der Waals surface area contributed by atoms with Crippen molar-refractivity contribution in [1.82, 2.24) is 0 Å². The van der Waals surface area contributed by atoms with Crippen LogP contribution in [0.2, 0.25) is 0 Å². The number of nitrogens with zero attached hydrogens (tertiary/aromatic N) is 1. The molecule has 0 aliphatic heterocycles. The number of hydrogen-bond acceptors (Lipinski definition) is 2. The van der Waals surface area contributed by atoms with Crippen LogP contribution in [-0.4, -0.2) is 0 Å². The van der Waals surface area contributed by atoms with E-state index in [4.69, 9.17) is 15.4 Å². The van der Waals surface area contributed by atoms with E-state index in [2.05, 4.69) is 26.0 Å². The van der Waals surface area contributed by atoms with Gasteiger partial charge in [0.25, 0.3) is 0 Å². The zero-order chi connectivity index (χ0) is 53.9. The first kappa shape index (κ1) is 22.1. The molecule has 0 unspecified atom stereocenters. The zero-order valence-corrected chi connectivity index (χ0v) is 32.3. The molecule has 10 aromatic rings. The fourth-order valence-corrected chi connectivity index (χ4v) is 9.57. The summed E-state index contributed by atoms with van der Waals surface area (Å²) in [5.41, 5.74) is 1.65. The molecule has 0 radical (unpaired) electrons. The smallest absolute Gasteiger partial charge is 0.136 e. The normalized spacial score (nSPS) is 17.8. The Kier molecular flexibility index (Phi) is 4.80. The molecule has 0 bridgehead atoms. The lowest BCUT2D eigenvalue weighted by atomic mass is 9.67. The molecule has 2 nitrogen and oxygen atoms in total. The monoisotopic (exact) mass is 783 g/mol. The Morgan fingerprint density at radius 3 is 1.90 bits per heavy atom. The lowest BCUT2D eigenvalue weighted by Crippen LogP contribution is -2.28. The van der Waals surface area contributed by atoms with E-state index in [-0.39, 0.29) is 16.8 Å². The molecular formula is C58H41NO. The van der Waals surface area contributed by atoms with Gasteiger partial charge in [-0.3, -0.25) is 0 Å². The van der Waals surface area contributed by atoms with Crippen LogP contribution in [0, 0.1) is 0 Å². The molecule has 0 saturated carbocycles. The van der Waals surface area contributed by atoms with E-state index in [0.717, 1.165) is 44.2 Å². The molecule has 1 aromatic heterocycles. The highest BCUT2D eigenvalue weighted by atomic mass is 16.3. The Labute approximate surface area is 373 Å². The maximum atomic E-state index is 10.1. The highest BCUT2D eigenvalue weighted by Gasteiger charge is 2.46. The van der Waals surface area contributed by atoms with Crippen LogP contribution in [0.25, 0.3) is 55.3 Å². The number of para-hydroxylation sites is 1. The van der Waals surface area contributed by atoms with Crippen molar-refractivity contribution in [2.75, 3.05) is 4.90 Å². The van der Waals surface area contributed by atoms with E-state index >= 15 is 0 Å². The van der Waals surface area contributed by atoms with Gasteiger partial charge < -0.3 is 9.32 Å². The number of fused-ring (bicyclic) bond motifs is 9. The highest BCUT2D eigenvalue weighted by Crippen LogP contribution is 2.58. The second-order valence-corrected chi connectivity index (χ2v) is 15.6. The van der Waals surface area contributed by atoms with Crippen LogP contribution in [-0.2, 0) is 10.8 Å². The van der Waals surface area contributed by atoms with Crippen LogP contribution in [0.1, 0.15) is 69.2 Å². The van der Waals surface area contributed by atoms with E-state index < -0.39 is 130 Å². The van der Waals surface area contributed by atoms with Gasteiger partial charge in [-0.15, -0.1) is 0 Å². The van der Waals surface area contributed by atoms with Gasteiger partial charge in [0.15, 0.2) is 0 Å². The standard InChI is InChI=1S/C58H41NO/c1-57(2)50-27-12-9-23-45(50)47-33-31-42(36-52(47)57)59(41-22-15-17-38(35-41)44-26-16-30-55-56(44)49-25-11-14-29-54(49)60-55)43-32-34-48-46-24-10-13-28-51(46)58(53(48)37-43,39-18-5-3-6-19-39)40-20-7-4-8-21-40/h3-37H,1-2H3/i3D,4D,5D,6D,7D,8D,10D,13D,18D,19D,20D,21D,24D,28D,32D,34D. The summed E-state index contributed by atoms with van der Waals surface area (Å²) in [6.07, 6.45) is 0. The topological polar surface area (TPSA) is 16.4 Å². The molecule has 2 aliphatic rings. The average molecular weight is 784 g/mol. The molecule has 284 valence electrons. The van der Waals surface area contributed by atoms with Gasteiger partial charge in [0.1, 0.15) is 11.2 Å². The third-order valence-corrected chi connectivity index (χ3v) is 12.2. The van der Waals surface area contributed by atoms with Gasteiger partial charge in [0, 0.05) is 33.2 Å². The minimum absolute atomic E-state index is 0.0479. The van der Waals surface area contributed by atoms with Crippen molar-refractivity contribution in [1.29, 1.82) is 0 Å². The number of anilines is 3. The third kappa shape index (κ3) is 4.88. The van der Waals surface area contributed by atoms with Gasteiger partial charge in [0.05, 0.1) is 27.3 Å². The zero-order valence-electron chi connectivity index (χ0n) is 48.3. The highest BCUT2D eigenvalue weighted by molar-refractivity contribution is 6.12. The minimum atomic E-state index is -2.77. The SMILES string of the molecule is [2H]c1c(N(c2cccc(-c3cccc4oc5ccccc5c34)c2)c2ccc3c(c2)C(C)(C)c2ccccc2-3)cc2c(c1[2H])-c1c([2H])c([2H])c([2H])c([2H])c1C2(c1c([2H])c([2H])c([2H])c([2H])c1[2H])c1c([2H])c([2H])c([2H])c([2H])c1[2H]. The molecule has 9 aromatic carbocycles. The molecular weight excluding hydrogens is 727 g/mol. The number of rotatable bonds is 6. The van der Waals surface area contributed by atoms with Crippen molar-refractivity contribution >= 4 is 39.0 Å². The van der Waals surface area contributed by atoms with Crippen molar-refractivity contribution in [3.05, 3.63) is 245 Å². The molecule has 0 fully saturated rings. The Morgan fingerprint density at radius 2 is 1.07 bits per heavy atom. The molecule has 0 spiro atoms. The summed E-state index contributed by atoms with van der Waals surface area (Å²) in [7, 11) is 0. The van der Waals surface area contributed by atoms with Gasteiger partial charge in [-0.25, -0.2) is 0 Å². The first-order chi connectivity index (χ1) is 36.2. The fraction of sp³-hybridized carbons (Fsp3) is 0.0690. The summed E-state index contributed by atoms with van der Waals surface area (Å²) in [6.45, 7) is 4.22. The minimum Gasteiger partial charge on any atom is -0.456 e. The molecule has 1 heterocycles. The largest absolute Gasteiger partial charge is 0.456 e. The molecule has 60 heavy (non-hydrogen) atoms. The van der Waals surface area contributed by atoms with Gasteiger partial charge in [-0.1, -0.05) is 177 Å². The lowest BCUT2D eigenvalue weighted by molar-refractivity contribution is 0.660. The number of benzene rings is 9. The van der Waals surface area contributed by atoms with Gasteiger partial charge in [-0.2, -0.15) is 0 Å². The Bertz CT molecular complexity index is 4130. The first-order valence-corrected chi connectivity index (χ1v) is 19.6. The van der Waals surface area contributed by atoms with Gasteiger partial charge in [0.2, 0.25) is 0 Å². The number of furan rings is 1. The van der Waals surface area contributed by atoms with E-state index in [0.29, 0.717) is 22.5 Å². The lowest BCUT2D eigenvalue weighted by Gasteiger charge is -2.35. The summed E-state index contributed by atoms with van der Waals surface area (Å²) in [5, 5.41) is 1.73. The van der Waals surface area contributed by atoms with Crippen molar-refractivity contribution in [3.8, 4) is 33.4 Å². The molecule has 2 aliphatic carbocycles. The van der Waals surface area contributed by atoms with Crippen LogP contribution >= 0.6 is 0 Å². The average Bonchev–Trinajstić information content (AvgIpc) is 4.22. The third-order valence-electron chi connectivity index (χ3n) is 12.2. The molecule has 0 N–H and O–H groups in total. The fourth-order valence-electron chi connectivity index (χ4n) is 9.57. The van der Waals surface area contributed by atoms with Crippen LogP contribution in [0.4, 0.5) is 17.1 Å². The number of hydrogen-bond donors (Lipinski definition) is 0. The quantitative estimate of drug-likeness (QED) is 0.167. The van der Waals surface area contributed by atoms with Gasteiger partial charge >= 0.3 is 0 Å². The van der Waals surface area contributed by atoms with E-state index in [9.17, 15) is 11.0 Å². The first-order valence-electron chi connectivity index (χ1n) is 27.6. The summed E-state index contributed by atoms with van der Waals surface area (Å²) in [4.78, 5) is 1.74. The second-order valence-electron chi connectivity index (χ2n) is 15.6. The summed E-state index contributed by atoms with van der Waals surface area (Å²) >= 11 is 0. The van der Waals surface area contributed by atoms with Crippen molar-refractivity contribution < 1.29 is 26.3 Å². The van der Waals surface area contributed by atoms with Crippen LogP contribution < -0.4 is 4.90 Å². The maximum absolute atomic E-state index is 10.1. The van der Waals surface area contributed by atoms with Gasteiger partial charge in [-0.05, 0) is 115 Å². The maximum Gasteiger partial charge on any atom is 0.136 e. The van der Waals surface area contributed by atoms with Crippen LogP contribution in [0.15, 0.2) is 216 Å². The van der Waals surface area contributed by atoms with Crippen LogP contribution in [0.3, 0.4) is 0 Å². The summed E-state index contributed by atoms with van der Waals surface area (Å²) < 4.78 is 156. The van der Waals surface area contributed by atoms with Crippen molar-refractivity contribution in [2.24, 2.45) is 0 Å². The molecule has 12 rings (SSSR count). The van der Waals surface area contributed by atoms with E-state index in [1.807, 2.05) is 97.1 Å². The Morgan fingerprint density at radius 1 is 0.433 bits per heavy atom.